The maximum absolute atomic E-state index is 10.1. The molecule has 0 atom stereocenters. The zero-order chi connectivity index (χ0) is 8.36. The van der Waals surface area contributed by atoms with Crippen LogP contribution >= 0.6 is 0 Å². The minimum atomic E-state index is -4.42. The summed E-state index contributed by atoms with van der Waals surface area (Å²) < 4.78 is 29.8. The van der Waals surface area contributed by atoms with E-state index in [4.69, 9.17) is 0 Å². The van der Waals surface area contributed by atoms with Gasteiger partial charge in [0.1, 0.15) is 0 Å². The van der Waals surface area contributed by atoms with Crippen molar-refractivity contribution in [3.8, 4) is 0 Å². The van der Waals surface area contributed by atoms with Crippen molar-refractivity contribution in [2.75, 3.05) is 5.75 Å². The van der Waals surface area contributed by atoms with Crippen molar-refractivity contribution in [2.45, 2.75) is 0 Å². The van der Waals surface area contributed by atoms with Crippen molar-refractivity contribution < 1.29 is 47.3 Å². The van der Waals surface area contributed by atoms with Gasteiger partial charge in [0.2, 0.25) is 5.91 Å². The first-order valence-corrected chi connectivity index (χ1v) is 3.82. The number of amides is 1. The molecule has 0 saturated carbocycles. The van der Waals surface area contributed by atoms with Crippen LogP contribution in [-0.2, 0) is 14.9 Å². The molecule has 0 saturated heterocycles. The predicted octanol–water partition coefficient (Wildman–Crippen LogP) is -4.42. The van der Waals surface area contributed by atoms with Crippen LogP contribution in [0.3, 0.4) is 0 Å². The van der Waals surface area contributed by atoms with Gasteiger partial charge in [-0.15, -0.1) is 0 Å². The van der Waals surface area contributed by atoms with Gasteiger partial charge in [-0.1, -0.05) is 6.58 Å². The SMILES string of the molecule is C=C(CS(=O)(=O)[O-])C(N)=O.[Na+]. The van der Waals surface area contributed by atoms with Gasteiger partial charge in [0.25, 0.3) is 0 Å². The fourth-order valence-corrected chi connectivity index (χ4v) is 0.854. The fourth-order valence-electron chi connectivity index (χ4n) is 0.285. The van der Waals surface area contributed by atoms with E-state index in [0.29, 0.717) is 0 Å². The molecule has 2 N–H and O–H groups in total. The Labute approximate surface area is 86.7 Å². The Kier molecular flexibility index (Phi) is 6.09. The number of carbonyl (C=O) groups is 1. The first kappa shape index (κ1) is 13.7. The van der Waals surface area contributed by atoms with Crippen LogP contribution in [0.15, 0.2) is 12.2 Å². The van der Waals surface area contributed by atoms with Crippen LogP contribution in [0.25, 0.3) is 0 Å². The van der Waals surface area contributed by atoms with Crippen molar-refractivity contribution in [3.05, 3.63) is 12.2 Å². The van der Waals surface area contributed by atoms with Crippen molar-refractivity contribution in [1.29, 1.82) is 0 Å². The van der Waals surface area contributed by atoms with Gasteiger partial charge in [-0.25, -0.2) is 8.42 Å². The summed E-state index contributed by atoms with van der Waals surface area (Å²) in [7, 11) is -4.42. The summed E-state index contributed by atoms with van der Waals surface area (Å²) in [5.41, 5.74) is 4.21. The minimum Gasteiger partial charge on any atom is -0.748 e. The smallest absolute Gasteiger partial charge is 0.748 e. The molecule has 1 amide bonds. The molecule has 5 nitrogen and oxygen atoms in total. The Morgan fingerprint density at radius 1 is 1.55 bits per heavy atom. The molecule has 0 aromatic heterocycles. The maximum Gasteiger partial charge on any atom is 1.00 e. The molecule has 0 radical (unpaired) electrons. The topological polar surface area (TPSA) is 100 Å². The first-order valence-electron chi connectivity index (χ1n) is 2.24. The predicted molar refractivity (Wildman–Crippen MR) is 32.9 cm³/mol. The average molecular weight is 187 g/mol. The first-order chi connectivity index (χ1) is 4.33. The van der Waals surface area contributed by atoms with Crippen LogP contribution in [0.2, 0.25) is 0 Å². The van der Waals surface area contributed by atoms with E-state index in [1.165, 1.54) is 0 Å². The van der Waals surface area contributed by atoms with Crippen molar-refractivity contribution >= 4 is 16.0 Å². The average Bonchev–Trinajstić information content (AvgIpc) is 1.60. The third-order valence-electron chi connectivity index (χ3n) is 0.699. The summed E-state index contributed by atoms with van der Waals surface area (Å²) in [6.45, 7) is 2.99. The maximum atomic E-state index is 10.1. The van der Waals surface area contributed by atoms with Gasteiger partial charge in [-0.05, 0) is 0 Å². The van der Waals surface area contributed by atoms with E-state index in [9.17, 15) is 17.8 Å². The molecule has 0 fully saturated rings. The normalized spacial score (nSPS) is 9.91. The third kappa shape index (κ3) is 8.02. The van der Waals surface area contributed by atoms with Crippen LogP contribution in [0.4, 0.5) is 0 Å². The molecule has 0 aliphatic rings. The van der Waals surface area contributed by atoms with E-state index in [-0.39, 0.29) is 29.6 Å². The van der Waals surface area contributed by atoms with Crippen LogP contribution in [0, 0.1) is 0 Å². The van der Waals surface area contributed by atoms with Gasteiger partial charge >= 0.3 is 29.6 Å². The monoisotopic (exact) mass is 187 g/mol. The number of hydrogen-bond donors (Lipinski definition) is 1. The van der Waals surface area contributed by atoms with Gasteiger partial charge in [-0.3, -0.25) is 4.79 Å². The molecule has 0 spiro atoms. The summed E-state index contributed by atoms with van der Waals surface area (Å²) in [5, 5.41) is 0. The molecule has 11 heavy (non-hydrogen) atoms. The van der Waals surface area contributed by atoms with Crippen molar-refractivity contribution in [1.82, 2.24) is 0 Å². The number of carbonyl (C=O) groups excluding carboxylic acids is 1. The van der Waals surface area contributed by atoms with E-state index in [1.807, 2.05) is 0 Å². The largest absolute Gasteiger partial charge is 1.00 e. The molecule has 58 valence electrons. The molecule has 0 aliphatic carbocycles. The Morgan fingerprint density at radius 3 is 2.00 bits per heavy atom. The number of rotatable bonds is 3. The second kappa shape index (κ2) is 4.89. The third-order valence-corrected chi connectivity index (χ3v) is 1.40. The zero-order valence-electron chi connectivity index (χ0n) is 6.03. The molecule has 0 aromatic carbocycles. The van der Waals surface area contributed by atoms with Gasteiger partial charge < -0.3 is 10.3 Å². The summed E-state index contributed by atoms with van der Waals surface area (Å²) >= 11 is 0. The molecule has 0 rings (SSSR count). The fraction of sp³-hybridized carbons (Fsp3) is 0.250. The van der Waals surface area contributed by atoms with E-state index in [1.54, 1.807) is 0 Å². The quantitative estimate of drug-likeness (QED) is 0.274. The summed E-state index contributed by atoms with van der Waals surface area (Å²) in [4.78, 5) is 10.1. The van der Waals surface area contributed by atoms with E-state index in [2.05, 4.69) is 12.3 Å². The van der Waals surface area contributed by atoms with Crippen LogP contribution in [0.5, 0.6) is 0 Å². The van der Waals surface area contributed by atoms with Gasteiger partial charge in [-0.2, -0.15) is 0 Å². The molecule has 7 heteroatoms. The molecular weight excluding hydrogens is 181 g/mol. The number of nitrogens with two attached hydrogens (primary N) is 1. The standard InChI is InChI=1S/C4H7NO4S.Na/c1-3(4(5)6)2-10(7,8)9;/h1-2H2,(H2,5,6)(H,7,8,9);/q;+1/p-1. The van der Waals surface area contributed by atoms with E-state index >= 15 is 0 Å². The molecule has 0 aromatic rings. The summed E-state index contributed by atoms with van der Waals surface area (Å²) in [6, 6.07) is 0. The van der Waals surface area contributed by atoms with Gasteiger partial charge in [0.15, 0.2) is 0 Å². The van der Waals surface area contributed by atoms with Gasteiger partial charge in [0, 0.05) is 5.57 Å². The van der Waals surface area contributed by atoms with E-state index < -0.39 is 27.4 Å². The summed E-state index contributed by atoms with van der Waals surface area (Å²) in [6.07, 6.45) is 0. The second-order valence-electron chi connectivity index (χ2n) is 1.67. The van der Waals surface area contributed by atoms with Crippen LogP contribution in [-0.4, -0.2) is 24.6 Å². The summed E-state index contributed by atoms with van der Waals surface area (Å²) in [5.74, 6) is -1.89. The minimum absolute atomic E-state index is 0. The molecular formula is C4H6NNaO4S. The Morgan fingerprint density at radius 2 is 1.91 bits per heavy atom. The molecule has 0 aliphatic heterocycles. The van der Waals surface area contributed by atoms with Crippen LogP contribution in [0.1, 0.15) is 0 Å². The molecule has 0 bridgehead atoms. The van der Waals surface area contributed by atoms with E-state index in [0.717, 1.165) is 0 Å². The van der Waals surface area contributed by atoms with Gasteiger partial charge in [0.05, 0.1) is 15.9 Å². The van der Waals surface area contributed by atoms with Crippen LogP contribution < -0.4 is 35.3 Å². The number of primary amides is 1. The Hall–Kier alpha value is 0.120. The molecule has 0 unspecified atom stereocenters. The zero-order valence-corrected chi connectivity index (χ0v) is 8.85. The van der Waals surface area contributed by atoms with Crippen molar-refractivity contribution in [3.63, 3.8) is 0 Å². The Bertz CT molecular complexity index is 257. The van der Waals surface area contributed by atoms with Crippen molar-refractivity contribution in [2.24, 2.45) is 5.73 Å². The number of hydrogen-bond acceptors (Lipinski definition) is 4. The second-order valence-corrected chi connectivity index (χ2v) is 3.07. The Balaban J connectivity index is 0. The molecule has 0 heterocycles.